The normalized spacial score (nSPS) is 20.6. The summed E-state index contributed by atoms with van der Waals surface area (Å²) >= 11 is 3.38. The van der Waals surface area contributed by atoms with Crippen LogP contribution in [0, 0.1) is 32.3 Å². The lowest BCUT2D eigenvalue weighted by molar-refractivity contribution is -0.384. The third-order valence-corrected chi connectivity index (χ3v) is 6.42. The Hall–Kier alpha value is -3.12. The van der Waals surface area contributed by atoms with Gasteiger partial charge >= 0.3 is 6.03 Å². The minimum Gasteiger partial charge on any atom is -0.489 e. The van der Waals surface area contributed by atoms with E-state index in [1.165, 1.54) is 24.3 Å². The molecule has 0 bridgehead atoms. The van der Waals surface area contributed by atoms with Crippen molar-refractivity contribution < 1.29 is 14.5 Å². The van der Waals surface area contributed by atoms with Crippen LogP contribution in [0.2, 0.25) is 0 Å². The van der Waals surface area contributed by atoms with Crippen LogP contribution in [-0.2, 0) is 0 Å². The molecule has 0 spiro atoms. The van der Waals surface area contributed by atoms with E-state index in [1.54, 1.807) is 18.2 Å². The molecule has 1 fully saturated rings. The minimum atomic E-state index is -0.490. The molecule has 0 radical (unpaired) electrons. The van der Waals surface area contributed by atoms with Crippen LogP contribution in [-0.4, -0.2) is 23.1 Å². The highest BCUT2D eigenvalue weighted by Crippen LogP contribution is 2.55. The van der Waals surface area contributed by atoms with Crippen LogP contribution in [0.5, 0.6) is 5.75 Å². The van der Waals surface area contributed by atoms with Gasteiger partial charge in [-0.25, -0.2) is 4.79 Å². The molecule has 0 unspecified atom stereocenters. The van der Waals surface area contributed by atoms with Crippen LogP contribution in [0.3, 0.4) is 0 Å². The second-order valence-electron chi connectivity index (χ2n) is 8.73. The summed E-state index contributed by atoms with van der Waals surface area (Å²) in [7, 11) is 0. The maximum atomic E-state index is 12.6. The van der Waals surface area contributed by atoms with Gasteiger partial charge in [-0.2, -0.15) is 5.26 Å². The van der Waals surface area contributed by atoms with E-state index in [1.807, 2.05) is 27.7 Å². The molecule has 0 saturated heterocycles. The number of nitriles is 1. The van der Waals surface area contributed by atoms with Gasteiger partial charge < -0.3 is 15.4 Å². The highest BCUT2D eigenvalue weighted by molar-refractivity contribution is 9.10. The topological polar surface area (TPSA) is 117 Å². The predicted molar refractivity (Wildman–Crippen MR) is 120 cm³/mol. The van der Waals surface area contributed by atoms with Crippen LogP contribution in [0.15, 0.2) is 46.9 Å². The molecule has 3 rings (SSSR count). The van der Waals surface area contributed by atoms with E-state index < -0.39 is 4.92 Å². The number of rotatable bonds is 5. The number of amides is 2. The molecule has 0 aliphatic heterocycles. The Morgan fingerprint density at radius 1 is 1.16 bits per heavy atom. The number of nitro benzene ring substituents is 1. The van der Waals surface area contributed by atoms with Gasteiger partial charge in [0.1, 0.15) is 17.9 Å². The lowest BCUT2D eigenvalue weighted by Gasteiger charge is -2.63. The number of hydrogen-bond donors (Lipinski definition) is 2. The van der Waals surface area contributed by atoms with E-state index in [2.05, 4.69) is 32.6 Å². The fraction of sp³-hybridized carbons (Fsp3) is 0.364. The van der Waals surface area contributed by atoms with Crippen molar-refractivity contribution >= 4 is 33.3 Å². The molecule has 2 aromatic rings. The van der Waals surface area contributed by atoms with Crippen molar-refractivity contribution in [1.82, 2.24) is 5.32 Å². The number of non-ortho nitro benzene ring substituents is 1. The fourth-order valence-corrected chi connectivity index (χ4v) is 5.01. The van der Waals surface area contributed by atoms with Gasteiger partial charge in [0.15, 0.2) is 0 Å². The first kappa shape index (κ1) is 22.6. The molecular weight excluding hydrogens is 464 g/mol. The van der Waals surface area contributed by atoms with Crippen molar-refractivity contribution in [2.45, 2.75) is 39.8 Å². The standard InChI is InChI=1S/C22H23BrN4O4/c1-21(2)18(26-20(28)25-14-6-8-15(9-7-14)27(29)30)22(3,4)19(21)31-16-10-5-13(12-24)17(23)11-16/h5-11,18-19H,1-4H3,(H2,25,26,28). The van der Waals surface area contributed by atoms with Crippen molar-refractivity contribution in [1.29, 1.82) is 5.26 Å². The number of nitrogens with zero attached hydrogens (tertiary/aromatic N) is 2. The molecule has 1 aliphatic rings. The van der Waals surface area contributed by atoms with Crippen LogP contribution in [0.25, 0.3) is 0 Å². The zero-order valence-corrected chi connectivity index (χ0v) is 19.2. The Labute approximate surface area is 188 Å². The predicted octanol–water partition coefficient (Wildman–Crippen LogP) is 5.23. The fourth-order valence-electron chi connectivity index (χ4n) is 4.56. The van der Waals surface area contributed by atoms with Crippen LogP contribution in [0.4, 0.5) is 16.2 Å². The molecule has 0 aromatic heterocycles. The highest BCUT2D eigenvalue weighted by atomic mass is 79.9. The van der Waals surface area contributed by atoms with Crippen molar-refractivity contribution in [2.75, 3.05) is 5.32 Å². The summed E-state index contributed by atoms with van der Waals surface area (Å²) in [5, 5.41) is 25.6. The molecule has 31 heavy (non-hydrogen) atoms. The van der Waals surface area contributed by atoms with Crippen LogP contribution >= 0.6 is 15.9 Å². The number of carbonyl (C=O) groups is 1. The monoisotopic (exact) mass is 486 g/mol. The molecule has 8 nitrogen and oxygen atoms in total. The lowest BCUT2D eigenvalue weighted by atomic mass is 9.49. The van der Waals surface area contributed by atoms with E-state index in [9.17, 15) is 14.9 Å². The summed E-state index contributed by atoms with van der Waals surface area (Å²) in [5.74, 6) is 0.644. The Morgan fingerprint density at radius 3 is 2.29 bits per heavy atom. The van der Waals surface area contributed by atoms with E-state index >= 15 is 0 Å². The summed E-state index contributed by atoms with van der Waals surface area (Å²) in [6, 6.07) is 12.4. The second kappa shape index (κ2) is 8.19. The molecule has 9 heteroatoms. The second-order valence-corrected chi connectivity index (χ2v) is 9.58. The zero-order chi connectivity index (χ0) is 23.0. The Balaban J connectivity index is 1.67. The summed E-state index contributed by atoms with van der Waals surface area (Å²) < 4.78 is 6.92. The van der Waals surface area contributed by atoms with E-state index in [-0.39, 0.29) is 34.7 Å². The molecule has 162 valence electrons. The number of hydrogen-bond acceptors (Lipinski definition) is 5. The van der Waals surface area contributed by atoms with Gasteiger partial charge in [-0.05, 0) is 46.3 Å². The summed E-state index contributed by atoms with van der Waals surface area (Å²) in [4.78, 5) is 22.8. The maximum absolute atomic E-state index is 12.6. The number of nitrogens with one attached hydrogen (secondary N) is 2. The van der Waals surface area contributed by atoms with Crippen LogP contribution < -0.4 is 15.4 Å². The molecule has 2 aromatic carbocycles. The first-order chi connectivity index (χ1) is 14.5. The Kier molecular flexibility index (Phi) is 5.96. The van der Waals surface area contributed by atoms with Crippen molar-refractivity contribution in [3.8, 4) is 11.8 Å². The number of anilines is 1. The quantitative estimate of drug-likeness (QED) is 0.442. The smallest absolute Gasteiger partial charge is 0.319 e. The molecule has 2 N–H and O–H groups in total. The third kappa shape index (κ3) is 4.35. The number of benzene rings is 2. The van der Waals surface area contributed by atoms with Gasteiger partial charge in [0.05, 0.1) is 10.5 Å². The zero-order valence-electron chi connectivity index (χ0n) is 17.6. The van der Waals surface area contributed by atoms with Gasteiger partial charge in [0.2, 0.25) is 0 Å². The van der Waals surface area contributed by atoms with Gasteiger partial charge in [0, 0.05) is 39.2 Å². The van der Waals surface area contributed by atoms with Gasteiger partial charge in [-0.3, -0.25) is 10.1 Å². The largest absolute Gasteiger partial charge is 0.489 e. The molecule has 1 aliphatic carbocycles. The number of ether oxygens (including phenoxy) is 1. The van der Waals surface area contributed by atoms with Gasteiger partial charge in [-0.1, -0.05) is 27.7 Å². The van der Waals surface area contributed by atoms with Crippen molar-refractivity contribution in [2.24, 2.45) is 10.8 Å². The maximum Gasteiger partial charge on any atom is 0.319 e. The van der Waals surface area contributed by atoms with Crippen molar-refractivity contribution in [3.05, 3.63) is 62.6 Å². The molecule has 2 amide bonds. The third-order valence-electron chi connectivity index (χ3n) is 5.77. The number of urea groups is 1. The van der Waals surface area contributed by atoms with Gasteiger partial charge in [-0.15, -0.1) is 0 Å². The Morgan fingerprint density at radius 2 is 1.77 bits per heavy atom. The highest BCUT2D eigenvalue weighted by Gasteiger charge is 2.64. The van der Waals surface area contributed by atoms with E-state index in [4.69, 9.17) is 10.00 Å². The first-order valence-electron chi connectivity index (χ1n) is 9.65. The molecule has 1 saturated carbocycles. The summed E-state index contributed by atoms with van der Waals surface area (Å²) in [6.45, 7) is 8.10. The summed E-state index contributed by atoms with van der Waals surface area (Å²) in [6.07, 6.45) is -0.176. The summed E-state index contributed by atoms with van der Waals surface area (Å²) in [5.41, 5.74) is 0.227. The molecular formula is C22H23BrN4O4. The molecule has 0 heterocycles. The van der Waals surface area contributed by atoms with E-state index in [0.717, 1.165) is 0 Å². The SMILES string of the molecule is CC1(C)C(NC(=O)Nc2ccc([N+](=O)[O-])cc2)C(C)(C)C1Oc1ccc(C#N)c(Br)c1. The lowest BCUT2D eigenvalue weighted by Crippen LogP contribution is -2.75. The van der Waals surface area contributed by atoms with Gasteiger partial charge in [0.25, 0.3) is 5.69 Å². The van der Waals surface area contributed by atoms with Crippen LogP contribution in [0.1, 0.15) is 33.3 Å². The minimum absolute atomic E-state index is 0.0401. The van der Waals surface area contributed by atoms with E-state index in [0.29, 0.717) is 21.5 Å². The van der Waals surface area contributed by atoms with Crippen molar-refractivity contribution in [3.63, 3.8) is 0 Å². The number of carbonyl (C=O) groups excluding carboxylic acids is 1. The molecule has 0 atom stereocenters. The number of nitro groups is 1. The number of halogens is 1. The average molecular weight is 487 g/mol. The average Bonchev–Trinajstić information content (AvgIpc) is 2.70. The first-order valence-corrected chi connectivity index (χ1v) is 10.4. The Bertz CT molecular complexity index is 1040.